The molecule has 0 unspecified atom stereocenters. The van der Waals surface area contributed by atoms with E-state index in [0.29, 0.717) is 31.5 Å². The summed E-state index contributed by atoms with van der Waals surface area (Å²) in [6, 6.07) is 4.46. The Balaban J connectivity index is 1.66. The van der Waals surface area contributed by atoms with Crippen LogP contribution in [0.15, 0.2) is 41.2 Å². The largest absolute Gasteiger partial charge is 0.472 e. The van der Waals surface area contributed by atoms with Crippen molar-refractivity contribution >= 4 is 11.7 Å². The highest BCUT2D eigenvalue weighted by molar-refractivity contribution is 5.98. The van der Waals surface area contributed by atoms with Gasteiger partial charge in [-0.05, 0) is 37.1 Å². The Morgan fingerprint density at radius 2 is 1.87 bits per heavy atom. The standard InChI is InChI=1S/C17H15F2NO3/c18-13-1-2-15(19)14(9-13)16(21)11-3-6-20(7-4-11)17(22)12-5-8-23-10-12/h1-2,5,8-11H,3-4,6-7H2. The van der Waals surface area contributed by atoms with Crippen LogP contribution in [0.1, 0.15) is 33.6 Å². The van der Waals surface area contributed by atoms with Gasteiger partial charge in [0.05, 0.1) is 17.4 Å². The first kappa shape index (κ1) is 15.4. The zero-order chi connectivity index (χ0) is 16.4. The lowest BCUT2D eigenvalue weighted by Gasteiger charge is -2.31. The third-order valence-electron chi connectivity index (χ3n) is 4.11. The molecule has 1 aliphatic rings. The number of carbonyl (C=O) groups excluding carboxylic acids is 2. The summed E-state index contributed by atoms with van der Waals surface area (Å²) in [7, 11) is 0. The number of hydrogen-bond acceptors (Lipinski definition) is 3. The van der Waals surface area contributed by atoms with Crippen LogP contribution in [0.4, 0.5) is 8.78 Å². The van der Waals surface area contributed by atoms with E-state index >= 15 is 0 Å². The van der Waals surface area contributed by atoms with Crippen LogP contribution < -0.4 is 0 Å². The second-order valence-electron chi connectivity index (χ2n) is 5.57. The Labute approximate surface area is 131 Å². The molecule has 0 N–H and O–H groups in total. The number of likely N-dealkylation sites (tertiary alicyclic amines) is 1. The number of benzene rings is 1. The molecular formula is C17H15F2NO3. The maximum absolute atomic E-state index is 13.7. The zero-order valence-electron chi connectivity index (χ0n) is 12.3. The van der Waals surface area contributed by atoms with Gasteiger partial charge in [0.25, 0.3) is 5.91 Å². The highest BCUT2D eigenvalue weighted by Gasteiger charge is 2.30. The Hall–Kier alpha value is -2.50. The summed E-state index contributed by atoms with van der Waals surface area (Å²) in [5, 5.41) is 0. The Morgan fingerprint density at radius 1 is 1.13 bits per heavy atom. The number of ketones is 1. The number of piperidine rings is 1. The SMILES string of the molecule is O=C(c1cc(F)ccc1F)C1CCN(C(=O)c2ccoc2)CC1. The third-order valence-corrected chi connectivity index (χ3v) is 4.11. The van der Waals surface area contributed by atoms with Gasteiger partial charge in [-0.3, -0.25) is 9.59 Å². The molecule has 1 fully saturated rings. The van der Waals surface area contributed by atoms with Crippen molar-refractivity contribution < 1.29 is 22.8 Å². The van der Waals surface area contributed by atoms with Crippen LogP contribution in [-0.4, -0.2) is 29.7 Å². The molecule has 2 aromatic rings. The summed E-state index contributed by atoms with van der Waals surface area (Å²) in [6.07, 6.45) is 3.66. The van der Waals surface area contributed by atoms with Crippen LogP contribution in [0.3, 0.4) is 0 Å². The van der Waals surface area contributed by atoms with Crippen molar-refractivity contribution in [2.24, 2.45) is 5.92 Å². The minimum Gasteiger partial charge on any atom is -0.472 e. The molecule has 4 nitrogen and oxygen atoms in total. The molecule has 1 aromatic heterocycles. The maximum atomic E-state index is 13.7. The van der Waals surface area contributed by atoms with E-state index in [4.69, 9.17) is 4.42 Å². The fraction of sp³-hybridized carbons (Fsp3) is 0.294. The number of amides is 1. The normalized spacial score (nSPS) is 15.7. The van der Waals surface area contributed by atoms with E-state index in [2.05, 4.69) is 0 Å². The van der Waals surface area contributed by atoms with Crippen LogP contribution in [0, 0.1) is 17.6 Å². The molecule has 0 saturated carbocycles. The van der Waals surface area contributed by atoms with Crippen molar-refractivity contribution in [3.8, 4) is 0 Å². The van der Waals surface area contributed by atoms with Crippen molar-refractivity contribution in [3.63, 3.8) is 0 Å². The van der Waals surface area contributed by atoms with Gasteiger partial charge in [0, 0.05) is 19.0 Å². The molecule has 1 aromatic carbocycles. The van der Waals surface area contributed by atoms with Gasteiger partial charge in [0.1, 0.15) is 17.9 Å². The molecule has 120 valence electrons. The first-order chi connectivity index (χ1) is 11.1. The number of furan rings is 1. The molecule has 0 radical (unpaired) electrons. The lowest BCUT2D eigenvalue weighted by molar-refractivity contribution is 0.0648. The summed E-state index contributed by atoms with van der Waals surface area (Å²) in [5.41, 5.74) is 0.246. The molecule has 23 heavy (non-hydrogen) atoms. The van der Waals surface area contributed by atoms with Crippen molar-refractivity contribution in [2.75, 3.05) is 13.1 Å². The van der Waals surface area contributed by atoms with Gasteiger partial charge < -0.3 is 9.32 Å². The fourth-order valence-corrected chi connectivity index (χ4v) is 2.82. The monoisotopic (exact) mass is 319 g/mol. The van der Waals surface area contributed by atoms with Crippen molar-refractivity contribution in [1.82, 2.24) is 4.90 Å². The quantitative estimate of drug-likeness (QED) is 0.816. The van der Waals surface area contributed by atoms with Crippen LogP contribution in [0.5, 0.6) is 0 Å². The van der Waals surface area contributed by atoms with E-state index in [1.807, 2.05) is 0 Å². The van der Waals surface area contributed by atoms with E-state index in [1.54, 1.807) is 11.0 Å². The average Bonchev–Trinajstić information content (AvgIpc) is 3.10. The molecule has 0 spiro atoms. The van der Waals surface area contributed by atoms with Crippen molar-refractivity contribution in [3.05, 3.63) is 59.6 Å². The summed E-state index contributed by atoms with van der Waals surface area (Å²) in [5.74, 6) is -2.31. The zero-order valence-corrected chi connectivity index (χ0v) is 12.3. The van der Waals surface area contributed by atoms with Crippen molar-refractivity contribution in [1.29, 1.82) is 0 Å². The fourth-order valence-electron chi connectivity index (χ4n) is 2.82. The van der Waals surface area contributed by atoms with Crippen LogP contribution in [0.2, 0.25) is 0 Å². The molecule has 2 heterocycles. The molecule has 1 amide bonds. The highest BCUT2D eigenvalue weighted by atomic mass is 19.1. The summed E-state index contributed by atoms with van der Waals surface area (Å²) in [6.45, 7) is 0.800. The molecule has 6 heteroatoms. The van der Waals surface area contributed by atoms with E-state index in [0.717, 1.165) is 18.2 Å². The summed E-state index contributed by atoms with van der Waals surface area (Å²) >= 11 is 0. The number of rotatable bonds is 3. The van der Waals surface area contributed by atoms with E-state index < -0.39 is 23.3 Å². The molecule has 0 aliphatic carbocycles. The highest BCUT2D eigenvalue weighted by Crippen LogP contribution is 2.24. The lowest BCUT2D eigenvalue weighted by Crippen LogP contribution is -2.40. The minimum atomic E-state index is -0.715. The van der Waals surface area contributed by atoms with Crippen molar-refractivity contribution in [2.45, 2.75) is 12.8 Å². The van der Waals surface area contributed by atoms with E-state index in [-0.39, 0.29) is 11.5 Å². The van der Waals surface area contributed by atoms with Gasteiger partial charge in [0.15, 0.2) is 5.78 Å². The molecule has 1 aliphatic heterocycles. The summed E-state index contributed by atoms with van der Waals surface area (Å²) in [4.78, 5) is 26.2. The number of halogens is 2. The molecular weight excluding hydrogens is 304 g/mol. The van der Waals surface area contributed by atoms with Gasteiger partial charge in [0.2, 0.25) is 0 Å². The summed E-state index contributed by atoms with van der Waals surface area (Å²) < 4.78 is 31.8. The predicted octanol–water partition coefficient (Wildman–Crippen LogP) is 3.29. The third kappa shape index (κ3) is 3.16. The predicted molar refractivity (Wildman–Crippen MR) is 78.0 cm³/mol. The Morgan fingerprint density at radius 3 is 2.52 bits per heavy atom. The van der Waals surface area contributed by atoms with Gasteiger partial charge in [-0.2, -0.15) is 0 Å². The number of Topliss-reactive ketones (excluding diaryl/α,β-unsaturated/α-hetero) is 1. The number of hydrogen-bond donors (Lipinski definition) is 0. The lowest BCUT2D eigenvalue weighted by atomic mass is 9.88. The van der Waals surface area contributed by atoms with Gasteiger partial charge in [-0.1, -0.05) is 0 Å². The minimum absolute atomic E-state index is 0.151. The first-order valence-corrected chi connectivity index (χ1v) is 7.37. The number of nitrogens with zero attached hydrogens (tertiary/aromatic N) is 1. The van der Waals surface area contributed by atoms with Gasteiger partial charge in [-0.25, -0.2) is 8.78 Å². The molecule has 1 saturated heterocycles. The second kappa shape index (κ2) is 6.32. The van der Waals surface area contributed by atoms with Crippen LogP contribution >= 0.6 is 0 Å². The first-order valence-electron chi connectivity index (χ1n) is 7.37. The van der Waals surface area contributed by atoms with E-state index in [9.17, 15) is 18.4 Å². The molecule has 0 bridgehead atoms. The van der Waals surface area contributed by atoms with Crippen LogP contribution in [-0.2, 0) is 0 Å². The Kier molecular flexibility index (Phi) is 4.23. The van der Waals surface area contributed by atoms with Crippen LogP contribution in [0.25, 0.3) is 0 Å². The van der Waals surface area contributed by atoms with E-state index in [1.165, 1.54) is 12.5 Å². The van der Waals surface area contributed by atoms with Gasteiger partial charge >= 0.3 is 0 Å². The smallest absolute Gasteiger partial charge is 0.257 e. The average molecular weight is 319 g/mol. The maximum Gasteiger partial charge on any atom is 0.257 e. The molecule has 3 rings (SSSR count). The Bertz CT molecular complexity index is 719. The molecule has 0 atom stereocenters. The topological polar surface area (TPSA) is 50.5 Å². The number of carbonyl (C=O) groups is 2. The van der Waals surface area contributed by atoms with Gasteiger partial charge in [-0.15, -0.1) is 0 Å². The second-order valence-corrected chi connectivity index (χ2v) is 5.57.